The van der Waals surface area contributed by atoms with Crippen molar-refractivity contribution in [3.05, 3.63) is 23.4 Å². The van der Waals surface area contributed by atoms with Crippen LogP contribution in [0.1, 0.15) is 29.4 Å². The van der Waals surface area contributed by atoms with Gasteiger partial charge in [-0.3, -0.25) is 9.59 Å². The Morgan fingerprint density at radius 2 is 2.25 bits per heavy atom. The fraction of sp³-hybridized carbons (Fsp3) is 0.500. The number of hydrogen-bond acceptors (Lipinski definition) is 4. The summed E-state index contributed by atoms with van der Waals surface area (Å²) in [5, 5.41) is 5.88. The highest BCUT2D eigenvalue weighted by atomic mass is 16.2. The van der Waals surface area contributed by atoms with Gasteiger partial charge in [0, 0.05) is 43.9 Å². The van der Waals surface area contributed by atoms with Gasteiger partial charge in [0.05, 0.1) is 0 Å². The summed E-state index contributed by atoms with van der Waals surface area (Å²) < 4.78 is 0. The molecule has 1 aromatic rings. The Labute approximate surface area is 118 Å². The first-order valence-corrected chi connectivity index (χ1v) is 6.88. The Morgan fingerprint density at radius 1 is 1.45 bits per heavy atom. The molecule has 0 unspecified atom stereocenters. The summed E-state index contributed by atoms with van der Waals surface area (Å²) in [6.07, 6.45) is 0.357. The molecule has 0 radical (unpaired) electrons. The molecule has 1 aromatic heterocycles. The van der Waals surface area contributed by atoms with Crippen LogP contribution in [-0.2, 0) is 4.79 Å². The lowest BCUT2D eigenvalue weighted by Crippen LogP contribution is -2.34. The van der Waals surface area contributed by atoms with Gasteiger partial charge in [0.2, 0.25) is 5.91 Å². The van der Waals surface area contributed by atoms with Crippen molar-refractivity contribution in [3.8, 4) is 0 Å². The molecule has 0 saturated carbocycles. The van der Waals surface area contributed by atoms with Crippen LogP contribution in [0.3, 0.4) is 0 Å². The topological polar surface area (TPSA) is 74.3 Å². The lowest BCUT2D eigenvalue weighted by molar-refractivity contribution is -0.120. The van der Waals surface area contributed by atoms with Crippen LogP contribution in [0.5, 0.6) is 0 Å². The van der Waals surface area contributed by atoms with Crippen LogP contribution in [0, 0.1) is 6.92 Å². The van der Waals surface area contributed by atoms with Gasteiger partial charge >= 0.3 is 0 Å². The first kappa shape index (κ1) is 14.3. The normalized spacial score (nSPS) is 15.5. The minimum Gasteiger partial charge on any atom is -0.370 e. The Balaban J connectivity index is 2.17. The van der Waals surface area contributed by atoms with Gasteiger partial charge in [-0.1, -0.05) is 0 Å². The van der Waals surface area contributed by atoms with Gasteiger partial charge in [-0.2, -0.15) is 0 Å². The molecule has 6 nitrogen and oxygen atoms in total. The Morgan fingerprint density at radius 3 is 3.00 bits per heavy atom. The average Bonchev–Trinajstić information content (AvgIpc) is 2.62. The third-order valence-electron chi connectivity index (χ3n) is 3.16. The average molecular weight is 276 g/mol. The number of anilines is 1. The molecule has 20 heavy (non-hydrogen) atoms. The second-order valence-corrected chi connectivity index (χ2v) is 4.80. The van der Waals surface area contributed by atoms with E-state index >= 15 is 0 Å². The van der Waals surface area contributed by atoms with Crippen LogP contribution < -0.4 is 10.6 Å². The largest absolute Gasteiger partial charge is 0.370 e. The van der Waals surface area contributed by atoms with E-state index in [1.54, 1.807) is 17.0 Å². The van der Waals surface area contributed by atoms with Gasteiger partial charge in [-0.05, 0) is 26.0 Å². The van der Waals surface area contributed by atoms with Crippen molar-refractivity contribution in [2.75, 3.05) is 31.5 Å². The van der Waals surface area contributed by atoms with Gasteiger partial charge < -0.3 is 15.5 Å². The highest BCUT2D eigenvalue weighted by Crippen LogP contribution is 2.13. The standard InChI is InChI=1S/C14H20N4O2/c1-3-15-12-9-11(8-10(2)17-12)14(20)18-6-4-13(19)16-5-7-18/h8-9H,3-7H2,1-2H3,(H,15,17)(H,16,19). The molecule has 2 rings (SSSR count). The summed E-state index contributed by atoms with van der Waals surface area (Å²) in [4.78, 5) is 29.9. The predicted octanol–water partition coefficient (Wildman–Crippen LogP) is 0.784. The summed E-state index contributed by atoms with van der Waals surface area (Å²) in [6.45, 7) is 6.12. The van der Waals surface area contributed by atoms with Crippen molar-refractivity contribution in [2.45, 2.75) is 20.3 Å². The lowest BCUT2D eigenvalue weighted by atomic mass is 10.2. The fourth-order valence-electron chi connectivity index (χ4n) is 2.22. The molecule has 0 bridgehead atoms. The summed E-state index contributed by atoms with van der Waals surface area (Å²) >= 11 is 0. The van der Waals surface area contributed by atoms with E-state index in [-0.39, 0.29) is 11.8 Å². The van der Waals surface area contributed by atoms with E-state index < -0.39 is 0 Å². The molecule has 1 aliphatic rings. The molecule has 6 heteroatoms. The van der Waals surface area contributed by atoms with Gasteiger partial charge in [0.25, 0.3) is 5.91 Å². The molecule has 0 spiro atoms. The molecule has 0 atom stereocenters. The Bertz CT molecular complexity index is 516. The third-order valence-corrected chi connectivity index (χ3v) is 3.16. The SMILES string of the molecule is CCNc1cc(C(=O)N2CCNC(=O)CC2)cc(C)n1. The molecule has 2 amide bonds. The maximum absolute atomic E-state index is 12.5. The number of aromatic nitrogens is 1. The molecule has 1 fully saturated rings. The molecule has 0 aromatic carbocycles. The molecule has 1 aliphatic heterocycles. The van der Waals surface area contributed by atoms with Crippen molar-refractivity contribution < 1.29 is 9.59 Å². The highest BCUT2D eigenvalue weighted by molar-refractivity contribution is 5.95. The molecule has 2 heterocycles. The van der Waals surface area contributed by atoms with Crippen LogP contribution in [-0.4, -0.2) is 47.9 Å². The number of nitrogens with zero attached hydrogens (tertiary/aromatic N) is 2. The minimum atomic E-state index is -0.0499. The van der Waals surface area contributed by atoms with Crippen molar-refractivity contribution in [3.63, 3.8) is 0 Å². The molecular formula is C14H20N4O2. The van der Waals surface area contributed by atoms with E-state index in [0.717, 1.165) is 12.2 Å². The van der Waals surface area contributed by atoms with Crippen LogP contribution in [0.2, 0.25) is 0 Å². The zero-order valence-corrected chi connectivity index (χ0v) is 11.9. The van der Waals surface area contributed by atoms with Crippen molar-refractivity contribution >= 4 is 17.6 Å². The quantitative estimate of drug-likeness (QED) is 0.855. The maximum atomic E-state index is 12.5. The zero-order chi connectivity index (χ0) is 14.5. The highest BCUT2D eigenvalue weighted by Gasteiger charge is 2.20. The van der Waals surface area contributed by atoms with Crippen molar-refractivity contribution in [1.29, 1.82) is 0 Å². The number of amides is 2. The van der Waals surface area contributed by atoms with Gasteiger partial charge in [-0.15, -0.1) is 0 Å². The van der Waals surface area contributed by atoms with E-state index in [2.05, 4.69) is 15.6 Å². The number of carbonyl (C=O) groups is 2. The Kier molecular flexibility index (Phi) is 4.55. The van der Waals surface area contributed by atoms with Crippen molar-refractivity contribution in [2.24, 2.45) is 0 Å². The zero-order valence-electron chi connectivity index (χ0n) is 11.9. The van der Waals surface area contributed by atoms with Crippen LogP contribution >= 0.6 is 0 Å². The van der Waals surface area contributed by atoms with Gasteiger partial charge in [-0.25, -0.2) is 4.98 Å². The fourth-order valence-corrected chi connectivity index (χ4v) is 2.22. The molecule has 0 aliphatic carbocycles. The number of rotatable bonds is 3. The van der Waals surface area contributed by atoms with Crippen molar-refractivity contribution in [1.82, 2.24) is 15.2 Å². The number of aryl methyl sites for hydroxylation is 1. The van der Waals surface area contributed by atoms with Crippen LogP contribution in [0.4, 0.5) is 5.82 Å². The molecule has 1 saturated heterocycles. The second kappa shape index (κ2) is 6.36. The van der Waals surface area contributed by atoms with Crippen LogP contribution in [0.25, 0.3) is 0 Å². The predicted molar refractivity (Wildman–Crippen MR) is 76.7 cm³/mol. The summed E-state index contributed by atoms with van der Waals surface area (Å²) in [5.74, 6) is 0.658. The number of carbonyl (C=O) groups excluding carboxylic acids is 2. The lowest BCUT2D eigenvalue weighted by Gasteiger charge is -2.20. The first-order chi connectivity index (χ1) is 9.60. The Hall–Kier alpha value is -2.11. The second-order valence-electron chi connectivity index (χ2n) is 4.80. The van der Waals surface area contributed by atoms with E-state index in [9.17, 15) is 9.59 Å². The van der Waals surface area contributed by atoms with E-state index in [0.29, 0.717) is 37.4 Å². The van der Waals surface area contributed by atoms with E-state index in [1.165, 1.54) is 0 Å². The van der Waals surface area contributed by atoms with E-state index in [1.807, 2.05) is 13.8 Å². The van der Waals surface area contributed by atoms with Gasteiger partial charge in [0.15, 0.2) is 0 Å². The first-order valence-electron chi connectivity index (χ1n) is 6.88. The number of nitrogens with one attached hydrogen (secondary N) is 2. The number of pyridine rings is 1. The molecule has 108 valence electrons. The van der Waals surface area contributed by atoms with Crippen LogP contribution in [0.15, 0.2) is 12.1 Å². The van der Waals surface area contributed by atoms with E-state index in [4.69, 9.17) is 0 Å². The molecular weight excluding hydrogens is 256 g/mol. The summed E-state index contributed by atoms with van der Waals surface area (Å²) in [7, 11) is 0. The van der Waals surface area contributed by atoms with Gasteiger partial charge in [0.1, 0.15) is 5.82 Å². The smallest absolute Gasteiger partial charge is 0.254 e. The maximum Gasteiger partial charge on any atom is 0.254 e. The summed E-state index contributed by atoms with van der Waals surface area (Å²) in [6, 6.07) is 3.54. The monoisotopic (exact) mass is 276 g/mol. The third kappa shape index (κ3) is 3.46. The molecule has 2 N–H and O–H groups in total. The number of hydrogen-bond donors (Lipinski definition) is 2. The summed E-state index contributed by atoms with van der Waals surface area (Å²) in [5.41, 5.74) is 1.42. The minimum absolute atomic E-state index is 0.000419.